The number of methoxy groups -OCH3 is 2. The Morgan fingerprint density at radius 2 is 1.71 bits per heavy atom. The van der Waals surface area contributed by atoms with Crippen molar-refractivity contribution in [2.75, 3.05) is 31.5 Å². The Morgan fingerprint density at radius 1 is 1.00 bits per heavy atom. The van der Waals surface area contributed by atoms with Crippen LogP contribution >= 0.6 is 0 Å². The minimum atomic E-state index is -0.379. The summed E-state index contributed by atoms with van der Waals surface area (Å²) in [6.45, 7) is 4.90. The monoisotopic (exact) mass is 384 g/mol. The maximum absolute atomic E-state index is 12.3. The first-order valence-corrected chi connectivity index (χ1v) is 8.63. The predicted molar refractivity (Wildman–Crippen MR) is 108 cm³/mol. The second kappa shape index (κ2) is 10.0. The van der Waals surface area contributed by atoms with Gasteiger partial charge in [0.05, 0.1) is 19.9 Å². The van der Waals surface area contributed by atoms with Gasteiger partial charge in [-0.2, -0.15) is 0 Å². The molecule has 148 valence electrons. The summed E-state index contributed by atoms with van der Waals surface area (Å²) in [7, 11) is 3.04. The van der Waals surface area contributed by atoms with Gasteiger partial charge >= 0.3 is 0 Å². The van der Waals surface area contributed by atoms with E-state index in [0.29, 0.717) is 35.0 Å². The van der Waals surface area contributed by atoms with E-state index in [2.05, 4.69) is 17.2 Å². The highest BCUT2D eigenvalue weighted by Gasteiger charge is 2.12. The lowest BCUT2D eigenvalue weighted by molar-refractivity contribution is -0.118. The molecule has 2 aromatic rings. The molecule has 7 heteroatoms. The fourth-order valence-electron chi connectivity index (χ4n) is 2.54. The second-order valence-electron chi connectivity index (χ2n) is 5.91. The van der Waals surface area contributed by atoms with Crippen molar-refractivity contribution in [1.82, 2.24) is 0 Å². The van der Waals surface area contributed by atoms with E-state index in [4.69, 9.17) is 14.2 Å². The van der Waals surface area contributed by atoms with Crippen LogP contribution in [0.4, 0.5) is 11.4 Å². The van der Waals surface area contributed by atoms with Gasteiger partial charge in [0.2, 0.25) is 5.91 Å². The molecule has 0 saturated heterocycles. The van der Waals surface area contributed by atoms with E-state index in [-0.39, 0.29) is 18.4 Å². The van der Waals surface area contributed by atoms with E-state index in [1.807, 2.05) is 12.1 Å². The largest absolute Gasteiger partial charge is 0.495 e. The fourth-order valence-corrected chi connectivity index (χ4v) is 2.54. The van der Waals surface area contributed by atoms with Crippen LogP contribution in [0.2, 0.25) is 0 Å². The van der Waals surface area contributed by atoms with E-state index in [1.165, 1.54) is 14.0 Å². The number of hydrogen-bond acceptors (Lipinski definition) is 5. The topological polar surface area (TPSA) is 85.9 Å². The molecule has 0 bridgehead atoms. The molecule has 2 rings (SSSR count). The summed E-state index contributed by atoms with van der Waals surface area (Å²) in [4.78, 5) is 23.5. The molecule has 7 nitrogen and oxygen atoms in total. The van der Waals surface area contributed by atoms with E-state index < -0.39 is 0 Å². The SMILES string of the molecule is C=CCc1ccc(OCC(=O)Nc2cc(NC(C)=O)ccc2OC)c(OC)c1. The number of ether oxygens (including phenoxy) is 3. The third-order valence-electron chi connectivity index (χ3n) is 3.76. The minimum absolute atomic E-state index is 0.210. The van der Waals surface area contributed by atoms with Crippen molar-refractivity contribution in [3.63, 3.8) is 0 Å². The maximum atomic E-state index is 12.3. The molecule has 0 heterocycles. The molecule has 0 radical (unpaired) electrons. The van der Waals surface area contributed by atoms with Crippen LogP contribution in [0.1, 0.15) is 12.5 Å². The predicted octanol–water partition coefficient (Wildman–Crippen LogP) is 3.41. The fraction of sp³-hybridized carbons (Fsp3) is 0.238. The molecule has 0 aliphatic heterocycles. The summed E-state index contributed by atoms with van der Waals surface area (Å²) in [5.74, 6) is 0.879. The van der Waals surface area contributed by atoms with Gasteiger partial charge in [0.1, 0.15) is 5.75 Å². The van der Waals surface area contributed by atoms with Crippen LogP contribution in [-0.4, -0.2) is 32.6 Å². The summed E-state index contributed by atoms with van der Waals surface area (Å²) in [6, 6.07) is 10.4. The Balaban J connectivity index is 2.06. The molecule has 0 atom stereocenters. The zero-order chi connectivity index (χ0) is 20.5. The van der Waals surface area contributed by atoms with Crippen LogP contribution in [-0.2, 0) is 16.0 Å². The summed E-state index contributed by atoms with van der Waals surface area (Å²) >= 11 is 0. The lowest BCUT2D eigenvalue weighted by Crippen LogP contribution is -2.21. The van der Waals surface area contributed by atoms with Crippen LogP contribution < -0.4 is 24.8 Å². The molecule has 28 heavy (non-hydrogen) atoms. The van der Waals surface area contributed by atoms with Crippen LogP contribution in [0.3, 0.4) is 0 Å². The van der Waals surface area contributed by atoms with Crippen LogP contribution in [0.15, 0.2) is 49.1 Å². The molecular weight excluding hydrogens is 360 g/mol. The van der Waals surface area contributed by atoms with Gasteiger partial charge in [-0.1, -0.05) is 12.1 Å². The lowest BCUT2D eigenvalue weighted by atomic mass is 10.1. The molecular formula is C21H24N2O5. The third-order valence-corrected chi connectivity index (χ3v) is 3.76. The highest BCUT2D eigenvalue weighted by atomic mass is 16.5. The number of carbonyl (C=O) groups is 2. The second-order valence-corrected chi connectivity index (χ2v) is 5.91. The van der Waals surface area contributed by atoms with Crippen LogP contribution in [0, 0.1) is 0 Å². The Bertz CT molecular complexity index is 864. The number of amides is 2. The van der Waals surface area contributed by atoms with Crippen molar-refractivity contribution in [1.29, 1.82) is 0 Å². The quantitative estimate of drug-likeness (QED) is 0.647. The Morgan fingerprint density at radius 3 is 2.36 bits per heavy atom. The van der Waals surface area contributed by atoms with Gasteiger partial charge in [0.25, 0.3) is 5.91 Å². The van der Waals surface area contributed by atoms with E-state index >= 15 is 0 Å². The lowest BCUT2D eigenvalue weighted by Gasteiger charge is -2.14. The van der Waals surface area contributed by atoms with Gasteiger partial charge in [-0.05, 0) is 42.3 Å². The first-order chi connectivity index (χ1) is 13.5. The van der Waals surface area contributed by atoms with Crippen LogP contribution in [0.25, 0.3) is 0 Å². The zero-order valence-corrected chi connectivity index (χ0v) is 16.2. The number of benzene rings is 2. The van der Waals surface area contributed by atoms with E-state index in [1.54, 1.807) is 37.5 Å². The van der Waals surface area contributed by atoms with Gasteiger partial charge < -0.3 is 24.8 Å². The number of allylic oxidation sites excluding steroid dienone is 1. The Hall–Kier alpha value is -3.48. The van der Waals surface area contributed by atoms with Crippen molar-refractivity contribution in [2.45, 2.75) is 13.3 Å². The van der Waals surface area contributed by atoms with Crippen molar-refractivity contribution in [3.05, 3.63) is 54.6 Å². The van der Waals surface area contributed by atoms with Crippen molar-refractivity contribution >= 4 is 23.2 Å². The van der Waals surface area contributed by atoms with Gasteiger partial charge in [-0.15, -0.1) is 6.58 Å². The zero-order valence-electron chi connectivity index (χ0n) is 16.2. The number of hydrogen-bond donors (Lipinski definition) is 2. The maximum Gasteiger partial charge on any atom is 0.262 e. The Kier molecular flexibility index (Phi) is 7.45. The van der Waals surface area contributed by atoms with Crippen molar-refractivity contribution < 1.29 is 23.8 Å². The van der Waals surface area contributed by atoms with Crippen LogP contribution in [0.5, 0.6) is 17.2 Å². The average Bonchev–Trinajstić information content (AvgIpc) is 2.67. The molecule has 0 aliphatic carbocycles. The smallest absolute Gasteiger partial charge is 0.262 e. The highest BCUT2D eigenvalue weighted by Crippen LogP contribution is 2.29. The molecule has 0 saturated carbocycles. The molecule has 0 aromatic heterocycles. The molecule has 0 spiro atoms. The molecule has 0 aliphatic rings. The molecule has 0 unspecified atom stereocenters. The first-order valence-electron chi connectivity index (χ1n) is 8.63. The number of rotatable bonds is 9. The average molecular weight is 384 g/mol. The van der Waals surface area contributed by atoms with E-state index in [9.17, 15) is 9.59 Å². The molecule has 0 fully saturated rings. The Labute approximate surface area is 164 Å². The van der Waals surface area contributed by atoms with E-state index in [0.717, 1.165) is 5.56 Å². The normalized spacial score (nSPS) is 9.96. The summed E-state index contributed by atoms with van der Waals surface area (Å²) in [6.07, 6.45) is 2.51. The standard InChI is InChI=1S/C21H24N2O5/c1-5-6-15-7-9-19(20(11-15)27-4)28-13-21(25)23-17-12-16(22-14(2)24)8-10-18(17)26-3/h5,7-12H,1,6,13H2,2-4H3,(H,22,24)(H,23,25). The highest BCUT2D eigenvalue weighted by molar-refractivity contribution is 5.95. The van der Waals surface area contributed by atoms with Gasteiger partial charge in [0, 0.05) is 12.6 Å². The molecule has 2 amide bonds. The summed E-state index contributed by atoms with van der Waals surface area (Å²) < 4.78 is 16.2. The van der Waals surface area contributed by atoms with Crippen molar-refractivity contribution in [2.24, 2.45) is 0 Å². The minimum Gasteiger partial charge on any atom is -0.495 e. The molecule has 2 aromatic carbocycles. The summed E-state index contributed by atoms with van der Waals surface area (Å²) in [5.41, 5.74) is 2.00. The third kappa shape index (κ3) is 5.77. The number of carbonyl (C=O) groups excluding carboxylic acids is 2. The number of anilines is 2. The molecule has 2 N–H and O–H groups in total. The summed E-state index contributed by atoms with van der Waals surface area (Å²) in [5, 5.41) is 5.38. The van der Waals surface area contributed by atoms with Crippen molar-refractivity contribution in [3.8, 4) is 17.2 Å². The first kappa shape index (κ1) is 20.8. The number of nitrogens with one attached hydrogen (secondary N) is 2. The van der Waals surface area contributed by atoms with Gasteiger partial charge in [-0.3, -0.25) is 9.59 Å². The van der Waals surface area contributed by atoms with Gasteiger partial charge in [0.15, 0.2) is 18.1 Å². The van der Waals surface area contributed by atoms with Gasteiger partial charge in [-0.25, -0.2) is 0 Å².